The standard InChI is InChI=1S/C21H12FNO5S2/c22-15-4-2-1-3-13(15)17-8-6-12(28-17)10-18-19(25)23(21(29)30-18)11-5-7-14(20(26)27)16(24)9-11/h1-10,24H,(H,26,27). The van der Waals surface area contributed by atoms with Gasteiger partial charge in [-0.3, -0.25) is 9.69 Å². The average molecular weight is 441 g/mol. The fourth-order valence-corrected chi connectivity index (χ4v) is 4.17. The van der Waals surface area contributed by atoms with E-state index in [1.807, 2.05) is 0 Å². The number of carbonyl (C=O) groups excluding carboxylic acids is 1. The molecule has 0 atom stereocenters. The maximum absolute atomic E-state index is 13.9. The normalized spacial score (nSPS) is 15.2. The molecule has 1 aliphatic rings. The third-order valence-electron chi connectivity index (χ3n) is 4.30. The molecular formula is C21H12FNO5S2. The minimum absolute atomic E-state index is 0.217. The van der Waals surface area contributed by atoms with Gasteiger partial charge in [0.1, 0.15) is 28.7 Å². The number of halogens is 1. The van der Waals surface area contributed by atoms with E-state index in [1.54, 1.807) is 30.3 Å². The third-order valence-corrected chi connectivity index (χ3v) is 5.61. The Hall–Kier alpha value is -3.43. The Kier molecular flexibility index (Phi) is 5.15. The van der Waals surface area contributed by atoms with E-state index in [4.69, 9.17) is 21.7 Å². The number of benzene rings is 2. The minimum atomic E-state index is -1.28. The van der Waals surface area contributed by atoms with Crippen LogP contribution in [0.3, 0.4) is 0 Å². The van der Waals surface area contributed by atoms with Gasteiger partial charge in [0.25, 0.3) is 5.91 Å². The number of nitrogens with zero attached hydrogens (tertiary/aromatic N) is 1. The molecule has 1 aliphatic heterocycles. The average Bonchev–Trinajstić information content (AvgIpc) is 3.26. The zero-order valence-corrected chi connectivity index (χ0v) is 16.7. The number of anilines is 1. The third kappa shape index (κ3) is 3.60. The van der Waals surface area contributed by atoms with Crippen molar-refractivity contribution in [2.24, 2.45) is 0 Å². The summed E-state index contributed by atoms with van der Waals surface area (Å²) >= 11 is 6.30. The molecule has 30 heavy (non-hydrogen) atoms. The number of carboxylic acid groups (broad SMARTS) is 1. The molecule has 150 valence electrons. The Labute approximate surface area is 179 Å². The number of thioether (sulfide) groups is 1. The van der Waals surface area contributed by atoms with Crippen molar-refractivity contribution in [3.63, 3.8) is 0 Å². The zero-order chi connectivity index (χ0) is 21.4. The van der Waals surface area contributed by atoms with E-state index in [1.165, 1.54) is 35.2 Å². The Bertz CT molecular complexity index is 1230. The fraction of sp³-hybridized carbons (Fsp3) is 0. The summed E-state index contributed by atoms with van der Waals surface area (Å²) in [5.74, 6) is -1.96. The van der Waals surface area contributed by atoms with Crippen LogP contribution >= 0.6 is 24.0 Å². The van der Waals surface area contributed by atoms with Crippen molar-refractivity contribution in [3.8, 4) is 17.1 Å². The van der Waals surface area contributed by atoms with Gasteiger partial charge in [-0.05, 0) is 36.4 Å². The van der Waals surface area contributed by atoms with Crippen molar-refractivity contribution >= 4 is 51.9 Å². The van der Waals surface area contributed by atoms with Crippen LogP contribution in [0.15, 0.2) is 63.9 Å². The Balaban J connectivity index is 1.62. The highest BCUT2D eigenvalue weighted by molar-refractivity contribution is 8.27. The predicted octanol–water partition coefficient (Wildman–Crippen LogP) is 4.90. The van der Waals surface area contributed by atoms with Gasteiger partial charge in [0.2, 0.25) is 0 Å². The van der Waals surface area contributed by atoms with Gasteiger partial charge < -0.3 is 14.6 Å². The Morgan fingerprint density at radius 2 is 1.93 bits per heavy atom. The van der Waals surface area contributed by atoms with Crippen molar-refractivity contribution in [2.45, 2.75) is 0 Å². The number of thiocarbonyl (C=S) groups is 1. The number of rotatable bonds is 4. The van der Waals surface area contributed by atoms with Crippen molar-refractivity contribution in [1.29, 1.82) is 0 Å². The van der Waals surface area contributed by atoms with Gasteiger partial charge in [-0.1, -0.05) is 36.1 Å². The molecule has 0 unspecified atom stereocenters. The number of carbonyl (C=O) groups is 2. The lowest BCUT2D eigenvalue weighted by molar-refractivity contribution is -0.113. The number of aromatic carboxylic acids is 1. The topological polar surface area (TPSA) is 91.0 Å². The first-order valence-corrected chi connectivity index (χ1v) is 9.76. The number of aromatic hydroxyl groups is 1. The summed E-state index contributed by atoms with van der Waals surface area (Å²) < 4.78 is 19.8. The number of phenols is 1. The van der Waals surface area contributed by atoms with Gasteiger partial charge >= 0.3 is 5.97 Å². The summed E-state index contributed by atoms with van der Waals surface area (Å²) in [5, 5.41) is 18.9. The Morgan fingerprint density at radius 3 is 2.63 bits per heavy atom. The van der Waals surface area contributed by atoms with Crippen molar-refractivity contribution < 1.29 is 28.6 Å². The van der Waals surface area contributed by atoms with Crippen molar-refractivity contribution in [2.75, 3.05) is 4.90 Å². The van der Waals surface area contributed by atoms with Gasteiger partial charge in [0.05, 0.1) is 16.2 Å². The maximum Gasteiger partial charge on any atom is 0.339 e. The minimum Gasteiger partial charge on any atom is -0.507 e. The molecular weight excluding hydrogens is 429 g/mol. The molecule has 1 aromatic heterocycles. The number of hydrogen-bond donors (Lipinski definition) is 2. The summed E-state index contributed by atoms with van der Waals surface area (Å²) in [6.07, 6.45) is 1.50. The quantitative estimate of drug-likeness (QED) is 0.440. The van der Waals surface area contributed by atoms with Gasteiger partial charge in [-0.2, -0.15) is 0 Å². The van der Waals surface area contributed by atoms with E-state index >= 15 is 0 Å². The summed E-state index contributed by atoms with van der Waals surface area (Å²) in [7, 11) is 0. The zero-order valence-electron chi connectivity index (χ0n) is 15.0. The molecule has 6 nitrogen and oxygen atoms in total. The van der Waals surface area contributed by atoms with E-state index < -0.39 is 23.4 Å². The number of amides is 1. The first-order chi connectivity index (χ1) is 14.3. The molecule has 2 aromatic carbocycles. The number of carboxylic acids is 1. The molecule has 0 spiro atoms. The molecule has 1 fully saturated rings. The lowest BCUT2D eigenvalue weighted by atomic mass is 10.1. The maximum atomic E-state index is 13.9. The summed E-state index contributed by atoms with van der Waals surface area (Å²) in [4.78, 5) is 25.3. The molecule has 1 saturated heterocycles. The SMILES string of the molecule is O=C(O)c1ccc(N2C(=O)C(=Cc3ccc(-c4ccccc4F)o3)SC2=S)cc1O. The predicted molar refractivity (Wildman–Crippen MR) is 115 cm³/mol. The van der Waals surface area contributed by atoms with Crippen LogP contribution in [0.4, 0.5) is 10.1 Å². The van der Waals surface area contributed by atoms with Crippen LogP contribution < -0.4 is 4.90 Å². The summed E-state index contributed by atoms with van der Waals surface area (Å²) in [6, 6.07) is 13.2. The molecule has 0 saturated carbocycles. The van der Waals surface area contributed by atoms with Gasteiger partial charge in [-0.15, -0.1) is 0 Å². The largest absolute Gasteiger partial charge is 0.507 e. The molecule has 2 N–H and O–H groups in total. The second kappa shape index (κ2) is 7.77. The van der Waals surface area contributed by atoms with Crippen LogP contribution in [0.1, 0.15) is 16.1 Å². The lowest BCUT2D eigenvalue weighted by Gasteiger charge is -2.15. The number of hydrogen-bond acceptors (Lipinski definition) is 6. The van der Waals surface area contributed by atoms with Crippen LogP contribution in [0.25, 0.3) is 17.4 Å². The molecule has 3 aromatic rings. The lowest BCUT2D eigenvalue weighted by Crippen LogP contribution is -2.27. The van der Waals surface area contributed by atoms with E-state index in [0.717, 1.165) is 11.8 Å². The first kappa shape index (κ1) is 19.9. The van der Waals surface area contributed by atoms with Crippen LogP contribution in [0.5, 0.6) is 5.75 Å². The van der Waals surface area contributed by atoms with Gasteiger partial charge in [0.15, 0.2) is 4.32 Å². The molecule has 4 rings (SSSR count). The second-order valence-electron chi connectivity index (χ2n) is 6.21. The van der Waals surface area contributed by atoms with E-state index in [-0.39, 0.29) is 20.5 Å². The van der Waals surface area contributed by atoms with E-state index in [0.29, 0.717) is 17.1 Å². The second-order valence-corrected chi connectivity index (χ2v) is 7.88. The molecule has 1 amide bonds. The molecule has 0 aliphatic carbocycles. The van der Waals surface area contributed by atoms with Crippen LogP contribution in [-0.2, 0) is 4.79 Å². The monoisotopic (exact) mass is 441 g/mol. The van der Waals surface area contributed by atoms with Crippen LogP contribution in [0, 0.1) is 5.82 Å². The molecule has 9 heteroatoms. The fourth-order valence-electron chi connectivity index (χ4n) is 2.90. The highest BCUT2D eigenvalue weighted by atomic mass is 32.2. The van der Waals surface area contributed by atoms with Gasteiger partial charge in [-0.25, -0.2) is 9.18 Å². The highest BCUT2D eigenvalue weighted by Gasteiger charge is 2.34. The smallest absolute Gasteiger partial charge is 0.339 e. The molecule has 0 radical (unpaired) electrons. The van der Waals surface area contributed by atoms with Crippen molar-refractivity contribution in [1.82, 2.24) is 0 Å². The van der Waals surface area contributed by atoms with E-state index in [2.05, 4.69) is 0 Å². The van der Waals surface area contributed by atoms with Gasteiger partial charge in [0, 0.05) is 12.1 Å². The van der Waals surface area contributed by atoms with Crippen molar-refractivity contribution in [3.05, 3.63) is 76.6 Å². The van der Waals surface area contributed by atoms with Crippen LogP contribution in [-0.4, -0.2) is 26.4 Å². The summed E-state index contributed by atoms with van der Waals surface area (Å²) in [6.45, 7) is 0. The van der Waals surface area contributed by atoms with Crippen LogP contribution in [0.2, 0.25) is 0 Å². The first-order valence-electron chi connectivity index (χ1n) is 8.54. The number of furan rings is 1. The van der Waals surface area contributed by atoms with E-state index in [9.17, 15) is 19.1 Å². The highest BCUT2D eigenvalue weighted by Crippen LogP contribution is 2.38. The molecule has 2 heterocycles. The summed E-state index contributed by atoms with van der Waals surface area (Å²) in [5.41, 5.74) is 0.268. The Morgan fingerprint density at radius 1 is 1.17 bits per heavy atom. The molecule has 0 bridgehead atoms.